The molecule has 0 aromatic heterocycles. The first-order valence-electron chi connectivity index (χ1n) is 9.01. The third-order valence-electron chi connectivity index (χ3n) is 4.57. The van der Waals surface area contributed by atoms with E-state index in [9.17, 15) is 4.79 Å². The number of amides is 2. The Labute approximate surface area is 161 Å². The predicted molar refractivity (Wildman–Crippen MR) is 112 cm³/mol. The first-order valence-corrected chi connectivity index (χ1v) is 9.39. The van der Waals surface area contributed by atoms with Crippen molar-refractivity contribution in [2.24, 2.45) is 0 Å². The molecule has 0 aliphatic carbocycles. The van der Waals surface area contributed by atoms with Gasteiger partial charge < -0.3 is 15.5 Å². The number of nitrogens with zero attached hydrogens (tertiary/aromatic N) is 1. The van der Waals surface area contributed by atoms with E-state index in [-0.39, 0.29) is 11.4 Å². The van der Waals surface area contributed by atoms with E-state index < -0.39 is 0 Å². The lowest BCUT2D eigenvalue weighted by Crippen LogP contribution is -2.38. The number of hydrogen-bond donors (Lipinski definition) is 2. The van der Waals surface area contributed by atoms with Crippen LogP contribution in [0.4, 0.5) is 16.2 Å². The zero-order valence-electron chi connectivity index (χ0n) is 16.0. The molecule has 0 aliphatic rings. The first kappa shape index (κ1) is 20.1. The Hall–Kier alpha value is -2.20. The predicted octanol–water partition coefficient (Wildman–Crippen LogP) is 5.29. The van der Waals surface area contributed by atoms with Gasteiger partial charge in [0.15, 0.2) is 0 Å². The van der Waals surface area contributed by atoms with Crippen LogP contribution in [0, 0.1) is 0 Å². The van der Waals surface area contributed by atoms with Crippen LogP contribution in [-0.2, 0) is 5.41 Å². The molecule has 2 aromatic rings. The lowest BCUT2D eigenvalue weighted by atomic mass is 9.85. The molecule has 0 atom stereocenters. The smallest absolute Gasteiger partial charge is 0.319 e. The van der Waals surface area contributed by atoms with Gasteiger partial charge in [-0.05, 0) is 55.8 Å². The average molecular weight is 374 g/mol. The van der Waals surface area contributed by atoms with Crippen LogP contribution in [-0.4, -0.2) is 25.7 Å². The quantitative estimate of drug-likeness (QED) is 0.692. The number of hydrogen-bond acceptors (Lipinski definition) is 2. The summed E-state index contributed by atoms with van der Waals surface area (Å²) in [5.41, 5.74) is 2.88. The van der Waals surface area contributed by atoms with Gasteiger partial charge in [-0.25, -0.2) is 4.79 Å². The maximum Gasteiger partial charge on any atom is 0.319 e. The number of nitrogens with one attached hydrogen (secondary N) is 2. The van der Waals surface area contributed by atoms with E-state index in [4.69, 9.17) is 11.6 Å². The van der Waals surface area contributed by atoms with E-state index >= 15 is 0 Å². The number of carbonyl (C=O) groups is 1. The molecular weight excluding hydrogens is 346 g/mol. The standard InChI is InChI=1S/C21H28ClN3O/c1-5-25(6-2)19-13-11-18(12-14-19)24-20(26)23-15-21(3,4)16-7-9-17(22)10-8-16/h7-14H,5-6,15H2,1-4H3,(H2,23,24,26). The zero-order valence-corrected chi connectivity index (χ0v) is 16.7. The Morgan fingerprint density at radius 2 is 1.58 bits per heavy atom. The summed E-state index contributed by atoms with van der Waals surface area (Å²) in [4.78, 5) is 14.5. The molecule has 26 heavy (non-hydrogen) atoms. The van der Waals surface area contributed by atoms with Crippen molar-refractivity contribution in [2.75, 3.05) is 29.9 Å². The van der Waals surface area contributed by atoms with Crippen molar-refractivity contribution in [3.63, 3.8) is 0 Å². The molecule has 0 saturated heterocycles. The Balaban J connectivity index is 1.91. The molecule has 5 heteroatoms. The molecular formula is C21H28ClN3O. The highest BCUT2D eigenvalue weighted by Gasteiger charge is 2.21. The minimum atomic E-state index is -0.206. The van der Waals surface area contributed by atoms with Gasteiger partial charge in [-0.3, -0.25) is 0 Å². The summed E-state index contributed by atoms with van der Waals surface area (Å²) in [5, 5.41) is 6.55. The van der Waals surface area contributed by atoms with E-state index in [1.165, 1.54) is 0 Å². The van der Waals surface area contributed by atoms with Crippen molar-refractivity contribution >= 4 is 29.0 Å². The molecule has 2 rings (SSSR count). The molecule has 140 valence electrons. The van der Waals surface area contributed by atoms with Crippen LogP contribution in [0.15, 0.2) is 48.5 Å². The molecule has 2 N–H and O–H groups in total. The molecule has 0 fully saturated rings. The Kier molecular flexibility index (Phi) is 6.92. The second-order valence-corrected chi connectivity index (χ2v) is 7.35. The topological polar surface area (TPSA) is 44.4 Å². The zero-order chi connectivity index (χ0) is 19.2. The van der Waals surface area contributed by atoms with Gasteiger partial charge in [0.2, 0.25) is 0 Å². The number of rotatable bonds is 7. The lowest BCUT2D eigenvalue weighted by molar-refractivity contribution is 0.249. The molecule has 0 heterocycles. The molecule has 2 amide bonds. The van der Waals surface area contributed by atoms with E-state index in [0.717, 1.165) is 30.0 Å². The molecule has 0 saturated carbocycles. The molecule has 0 aliphatic heterocycles. The van der Waals surface area contributed by atoms with Gasteiger partial charge in [-0.2, -0.15) is 0 Å². The van der Waals surface area contributed by atoms with Crippen LogP contribution in [0.1, 0.15) is 33.3 Å². The normalized spacial score (nSPS) is 11.1. The van der Waals surface area contributed by atoms with Crippen molar-refractivity contribution in [2.45, 2.75) is 33.1 Å². The van der Waals surface area contributed by atoms with Crippen molar-refractivity contribution < 1.29 is 4.79 Å². The van der Waals surface area contributed by atoms with Gasteiger partial charge in [0.25, 0.3) is 0 Å². The van der Waals surface area contributed by atoms with E-state index in [0.29, 0.717) is 11.6 Å². The SMILES string of the molecule is CCN(CC)c1ccc(NC(=O)NCC(C)(C)c2ccc(Cl)cc2)cc1. The second kappa shape index (κ2) is 8.95. The Morgan fingerprint density at radius 3 is 2.12 bits per heavy atom. The number of carbonyl (C=O) groups excluding carboxylic acids is 1. The van der Waals surface area contributed by atoms with Crippen molar-refractivity contribution in [3.05, 3.63) is 59.1 Å². The number of benzene rings is 2. The number of anilines is 2. The lowest BCUT2D eigenvalue weighted by Gasteiger charge is -2.26. The molecule has 0 spiro atoms. The summed E-state index contributed by atoms with van der Waals surface area (Å²) >= 11 is 5.95. The van der Waals surface area contributed by atoms with Gasteiger partial charge in [-0.1, -0.05) is 37.6 Å². The number of urea groups is 1. The van der Waals surface area contributed by atoms with Crippen LogP contribution < -0.4 is 15.5 Å². The molecule has 0 bridgehead atoms. The Bertz CT molecular complexity index is 707. The summed E-state index contributed by atoms with van der Waals surface area (Å²) < 4.78 is 0. The van der Waals surface area contributed by atoms with Crippen molar-refractivity contribution in [3.8, 4) is 0 Å². The highest BCUT2D eigenvalue weighted by atomic mass is 35.5. The molecule has 4 nitrogen and oxygen atoms in total. The van der Waals surface area contributed by atoms with Gasteiger partial charge in [0.1, 0.15) is 0 Å². The van der Waals surface area contributed by atoms with Crippen molar-refractivity contribution in [1.82, 2.24) is 5.32 Å². The van der Waals surface area contributed by atoms with Crippen LogP contribution >= 0.6 is 11.6 Å². The fourth-order valence-corrected chi connectivity index (χ4v) is 2.95. The van der Waals surface area contributed by atoms with Crippen molar-refractivity contribution in [1.29, 1.82) is 0 Å². The number of halogens is 1. The third kappa shape index (κ3) is 5.40. The minimum absolute atomic E-state index is 0.186. The maximum absolute atomic E-state index is 12.2. The summed E-state index contributed by atoms with van der Waals surface area (Å²) in [6.45, 7) is 10.9. The monoisotopic (exact) mass is 373 g/mol. The minimum Gasteiger partial charge on any atom is -0.372 e. The largest absolute Gasteiger partial charge is 0.372 e. The third-order valence-corrected chi connectivity index (χ3v) is 4.82. The highest BCUT2D eigenvalue weighted by Crippen LogP contribution is 2.24. The van der Waals surface area contributed by atoms with Crippen LogP contribution in [0.3, 0.4) is 0 Å². The summed E-state index contributed by atoms with van der Waals surface area (Å²) in [7, 11) is 0. The fourth-order valence-electron chi connectivity index (χ4n) is 2.82. The second-order valence-electron chi connectivity index (χ2n) is 6.92. The Morgan fingerprint density at radius 1 is 1.00 bits per heavy atom. The highest BCUT2D eigenvalue weighted by molar-refractivity contribution is 6.30. The van der Waals surface area contributed by atoms with E-state index in [1.54, 1.807) is 0 Å². The fraction of sp³-hybridized carbons (Fsp3) is 0.381. The van der Waals surface area contributed by atoms with Gasteiger partial charge in [0.05, 0.1) is 0 Å². The molecule has 2 aromatic carbocycles. The van der Waals surface area contributed by atoms with Gasteiger partial charge >= 0.3 is 6.03 Å². The van der Waals surface area contributed by atoms with Gasteiger partial charge in [0, 0.05) is 41.4 Å². The maximum atomic E-state index is 12.2. The molecule has 0 unspecified atom stereocenters. The first-order chi connectivity index (χ1) is 12.4. The van der Waals surface area contributed by atoms with E-state index in [1.807, 2.05) is 48.5 Å². The van der Waals surface area contributed by atoms with Gasteiger partial charge in [-0.15, -0.1) is 0 Å². The summed E-state index contributed by atoms with van der Waals surface area (Å²) in [6, 6.07) is 15.4. The summed E-state index contributed by atoms with van der Waals surface area (Å²) in [6.07, 6.45) is 0. The van der Waals surface area contributed by atoms with E-state index in [2.05, 4.69) is 43.2 Å². The average Bonchev–Trinajstić information content (AvgIpc) is 2.63. The summed E-state index contributed by atoms with van der Waals surface area (Å²) in [5.74, 6) is 0. The van der Waals surface area contributed by atoms with Crippen LogP contribution in [0.5, 0.6) is 0 Å². The van der Waals surface area contributed by atoms with Crippen LogP contribution in [0.2, 0.25) is 5.02 Å². The molecule has 0 radical (unpaired) electrons. The van der Waals surface area contributed by atoms with Crippen LogP contribution in [0.25, 0.3) is 0 Å².